The van der Waals surface area contributed by atoms with Crippen LogP contribution in [0.1, 0.15) is 37.7 Å². The lowest BCUT2D eigenvalue weighted by Gasteiger charge is -2.40. The second-order valence-electron chi connectivity index (χ2n) is 5.55. The number of para-hydroxylation sites is 1. The molecule has 1 N–H and O–H groups in total. The molecule has 1 heterocycles. The van der Waals surface area contributed by atoms with E-state index >= 15 is 0 Å². The number of nitrogens with zero attached hydrogens (tertiary/aromatic N) is 1. The van der Waals surface area contributed by atoms with Crippen molar-refractivity contribution in [1.29, 1.82) is 0 Å². The van der Waals surface area contributed by atoms with Gasteiger partial charge < -0.3 is 10.0 Å². The van der Waals surface area contributed by atoms with Crippen LogP contribution in [0.15, 0.2) is 24.3 Å². The van der Waals surface area contributed by atoms with Gasteiger partial charge in [0.2, 0.25) is 0 Å². The van der Waals surface area contributed by atoms with E-state index in [1.165, 1.54) is 30.5 Å². The number of aliphatic hydroxyl groups is 1. The van der Waals surface area contributed by atoms with Gasteiger partial charge in [-0.1, -0.05) is 18.2 Å². The van der Waals surface area contributed by atoms with E-state index in [1.54, 1.807) is 0 Å². The maximum atomic E-state index is 10.2. The topological polar surface area (TPSA) is 23.5 Å². The average molecular weight is 231 g/mol. The summed E-state index contributed by atoms with van der Waals surface area (Å²) >= 11 is 0. The number of hydrogen-bond donors (Lipinski definition) is 1. The zero-order valence-corrected chi connectivity index (χ0v) is 10.4. The van der Waals surface area contributed by atoms with Crippen molar-refractivity contribution in [3.8, 4) is 0 Å². The van der Waals surface area contributed by atoms with Crippen molar-refractivity contribution in [2.24, 2.45) is 0 Å². The zero-order chi connectivity index (χ0) is 11.7. The Labute approximate surface area is 103 Å². The summed E-state index contributed by atoms with van der Waals surface area (Å²) in [4.78, 5) is 2.45. The van der Waals surface area contributed by atoms with Crippen molar-refractivity contribution in [3.63, 3.8) is 0 Å². The van der Waals surface area contributed by atoms with Gasteiger partial charge in [0.05, 0.1) is 5.60 Å². The molecule has 0 radical (unpaired) electrons. The standard InChI is InChI=1S/C15H21NO/c17-15(8-4-9-15)10-12-16-11-3-6-13-5-1-2-7-14(13)16/h1-2,5,7,17H,3-4,6,8-12H2. The second-order valence-corrected chi connectivity index (χ2v) is 5.55. The highest BCUT2D eigenvalue weighted by Gasteiger charge is 2.34. The van der Waals surface area contributed by atoms with Crippen molar-refractivity contribution in [2.75, 3.05) is 18.0 Å². The normalized spacial score (nSPS) is 21.8. The van der Waals surface area contributed by atoms with Crippen molar-refractivity contribution < 1.29 is 5.11 Å². The van der Waals surface area contributed by atoms with Gasteiger partial charge in [0.25, 0.3) is 0 Å². The number of rotatable bonds is 3. The molecule has 1 aromatic rings. The fourth-order valence-corrected chi connectivity index (χ4v) is 3.02. The van der Waals surface area contributed by atoms with E-state index in [0.717, 1.165) is 32.4 Å². The molecule has 1 fully saturated rings. The molecule has 1 saturated carbocycles. The Morgan fingerprint density at radius 2 is 2.00 bits per heavy atom. The van der Waals surface area contributed by atoms with Crippen molar-refractivity contribution in [2.45, 2.75) is 44.1 Å². The highest BCUT2D eigenvalue weighted by molar-refractivity contribution is 5.55. The quantitative estimate of drug-likeness (QED) is 0.864. The summed E-state index contributed by atoms with van der Waals surface area (Å²) in [7, 11) is 0. The molecule has 1 aliphatic heterocycles. The monoisotopic (exact) mass is 231 g/mol. The average Bonchev–Trinajstić information content (AvgIpc) is 2.34. The van der Waals surface area contributed by atoms with Crippen molar-refractivity contribution in [1.82, 2.24) is 0 Å². The molecule has 2 nitrogen and oxygen atoms in total. The van der Waals surface area contributed by atoms with Crippen LogP contribution in [0.4, 0.5) is 5.69 Å². The van der Waals surface area contributed by atoms with Crippen LogP contribution >= 0.6 is 0 Å². The summed E-state index contributed by atoms with van der Waals surface area (Å²) in [6.07, 6.45) is 6.59. The summed E-state index contributed by atoms with van der Waals surface area (Å²) < 4.78 is 0. The number of aryl methyl sites for hydroxylation is 1. The second kappa shape index (κ2) is 4.34. The minimum Gasteiger partial charge on any atom is -0.390 e. The summed E-state index contributed by atoms with van der Waals surface area (Å²) in [5.41, 5.74) is 2.52. The SMILES string of the molecule is OC1(CCN2CCCc3ccccc32)CCC1. The fraction of sp³-hybridized carbons (Fsp3) is 0.600. The molecule has 2 aliphatic rings. The molecule has 0 aromatic heterocycles. The van der Waals surface area contributed by atoms with Crippen LogP contribution in [-0.4, -0.2) is 23.8 Å². The number of hydrogen-bond acceptors (Lipinski definition) is 2. The minimum atomic E-state index is -0.341. The lowest BCUT2D eigenvalue weighted by atomic mass is 9.78. The van der Waals surface area contributed by atoms with E-state index in [0.29, 0.717) is 0 Å². The molecule has 2 heteroatoms. The third kappa shape index (κ3) is 2.19. The Hall–Kier alpha value is -1.02. The Morgan fingerprint density at radius 3 is 2.76 bits per heavy atom. The summed E-state index contributed by atoms with van der Waals surface area (Å²) in [5, 5.41) is 10.2. The van der Waals surface area contributed by atoms with Crippen LogP contribution < -0.4 is 4.90 Å². The molecular weight excluding hydrogens is 210 g/mol. The van der Waals surface area contributed by atoms with Crippen LogP contribution in [0.3, 0.4) is 0 Å². The van der Waals surface area contributed by atoms with Gasteiger partial charge >= 0.3 is 0 Å². The maximum absolute atomic E-state index is 10.2. The Morgan fingerprint density at radius 1 is 1.18 bits per heavy atom. The Kier molecular flexibility index (Phi) is 2.83. The highest BCUT2D eigenvalue weighted by atomic mass is 16.3. The first kappa shape index (κ1) is 11.1. The molecule has 0 saturated heterocycles. The van der Waals surface area contributed by atoms with Crippen molar-refractivity contribution in [3.05, 3.63) is 29.8 Å². The lowest BCUT2D eigenvalue weighted by molar-refractivity contribution is -0.0382. The van der Waals surface area contributed by atoms with E-state index in [2.05, 4.69) is 29.2 Å². The Bertz CT molecular complexity index is 398. The largest absolute Gasteiger partial charge is 0.390 e. The van der Waals surface area contributed by atoms with E-state index in [1.807, 2.05) is 0 Å². The van der Waals surface area contributed by atoms with Crippen LogP contribution in [0.5, 0.6) is 0 Å². The molecule has 92 valence electrons. The molecular formula is C15H21NO. The van der Waals surface area contributed by atoms with Gasteiger partial charge in [0, 0.05) is 18.8 Å². The lowest BCUT2D eigenvalue weighted by Crippen LogP contribution is -2.41. The van der Waals surface area contributed by atoms with Gasteiger partial charge in [-0.2, -0.15) is 0 Å². The van der Waals surface area contributed by atoms with E-state index < -0.39 is 0 Å². The Balaban J connectivity index is 1.68. The molecule has 0 unspecified atom stereocenters. The van der Waals surface area contributed by atoms with Crippen LogP contribution in [0, 0.1) is 0 Å². The fourth-order valence-electron chi connectivity index (χ4n) is 3.02. The molecule has 0 atom stereocenters. The molecule has 1 aliphatic carbocycles. The molecule has 3 rings (SSSR count). The summed E-state index contributed by atoms with van der Waals surface area (Å²) in [5.74, 6) is 0. The smallest absolute Gasteiger partial charge is 0.0664 e. The van der Waals surface area contributed by atoms with E-state index in [9.17, 15) is 5.11 Å². The number of fused-ring (bicyclic) bond motifs is 1. The van der Waals surface area contributed by atoms with Gasteiger partial charge in [-0.15, -0.1) is 0 Å². The molecule has 0 amide bonds. The van der Waals surface area contributed by atoms with Gasteiger partial charge in [-0.25, -0.2) is 0 Å². The van der Waals surface area contributed by atoms with Crippen molar-refractivity contribution >= 4 is 5.69 Å². The van der Waals surface area contributed by atoms with Gasteiger partial charge in [-0.3, -0.25) is 0 Å². The van der Waals surface area contributed by atoms with Crippen LogP contribution in [-0.2, 0) is 6.42 Å². The first-order valence-electron chi connectivity index (χ1n) is 6.82. The third-order valence-electron chi connectivity index (χ3n) is 4.34. The van der Waals surface area contributed by atoms with Crippen LogP contribution in [0.25, 0.3) is 0 Å². The van der Waals surface area contributed by atoms with Crippen LogP contribution in [0.2, 0.25) is 0 Å². The summed E-state index contributed by atoms with van der Waals surface area (Å²) in [6.45, 7) is 2.15. The first-order valence-corrected chi connectivity index (χ1v) is 6.82. The van der Waals surface area contributed by atoms with Gasteiger partial charge in [-0.05, 0) is 50.2 Å². The van der Waals surface area contributed by atoms with E-state index in [-0.39, 0.29) is 5.60 Å². The van der Waals surface area contributed by atoms with Gasteiger partial charge in [0.1, 0.15) is 0 Å². The number of anilines is 1. The molecule has 1 aromatic carbocycles. The minimum absolute atomic E-state index is 0.341. The predicted octanol–water partition coefficient (Wildman–Crippen LogP) is 2.74. The predicted molar refractivity (Wildman–Crippen MR) is 70.4 cm³/mol. The molecule has 0 spiro atoms. The molecule has 0 bridgehead atoms. The highest BCUT2D eigenvalue weighted by Crippen LogP contribution is 2.36. The number of benzene rings is 1. The van der Waals surface area contributed by atoms with Gasteiger partial charge in [0.15, 0.2) is 0 Å². The first-order chi connectivity index (χ1) is 8.27. The molecule has 17 heavy (non-hydrogen) atoms. The third-order valence-corrected chi connectivity index (χ3v) is 4.34. The van der Waals surface area contributed by atoms with E-state index in [4.69, 9.17) is 0 Å². The maximum Gasteiger partial charge on any atom is 0.0664 e. The summed E-state index contributed by atoms with van der Waals surface area (Å²) in [6, 6.07) is 8.70. The zero-order valence-electron chi connectivity index (χ0n) is 10.4.